The summed E-state index contributed by atoms with van der Waals surface area (Å²) in [6, 6.07) is 0. The Morgan fingerprint density at radius 2 is 1.27 bits per heavy atom. The van der Waals surface area contributed by atoms with E-state index in [1.807, 2.05) is 13.0 Å². The van der Waals surface area contributed by atoms with E-state index < -0.39 is 60.3 Å². The average Bonchev–Trinajstić information content (AvgIpc) is 3.09. The molecule has 0 aromatic heterocycles. The van der Waals surface area contributed by atoms with Crippen LogP contribution in [0.15, 0.2) is 49.1 Å². The quantitative estimate of drug-likeness (QED) is 0.0592. The summed E-state index contributed by atoms with van der Waals surface area (Å²) in [5.41, 5.74) is 1.07. The molecule has 0 heterocycles. The summed E-state index contributed by atoms with van der Waals surface area (Å²) in [4.78, 5) is 64.3. The van der Waals surface area contributed by atoms with Crippen molar-refractivity contribution in [1.29, 1.82) is 0 Å². The minimum Gasteiger partial charge on any atom is -0.461 e. The van der Waals surface area contributed by atoms with E-state index in [0.717, 1.165) is 11.1 Å². The van der Waals surface area contributed by atoms with Crippen LogP contribution in [-0.2, 0) is 47.6 Å². The van der Waals surface area contributed by atoms with Gasteiger partial charge in [0.1, 0.15) is 18.8 Å². The van der Waals surface area contributed by atoms with Crippen molar-refractivity contribution in [3.8, 4) is 0 Å². The van der Waals surface area contributed by atoms with Crippen molar-refractivity contribution in [2.45, 2.75) is 111 Å². The molecule has 1 N–H and O–H groups in total. The highest BCUT2D eigenvalue weighted by Gasteiger charge is 2.25. The van der Waals surface area contributed by atoms with E-state index in [0.29, 0.717) is 25.7 Å². The molecule has 0 aromatic rings. The van der Waals surface area contributed by atoms with Crippen LogP contribution in [0.4, 0.5) is 4.79 Å². The smallest absolute Gasteiger partial charge is 0.410 e. The van der Waals surface area contributed by atoms with Crippen molar-refractivity contribution in [2.24, 2.45) is 11.8 Å². The van der Waals surface area contributed by atoms with Crippen LogP contribution in [0.3, 0.4) is 0 Å². The molecule has 0 saturated carbocycles. The van der Waals surface area contributed by atoms with Gasteiger partial charge in [-0.05, 0) is 66.2 Å². The van der Waals surface area contributed by atoms with E-state index in [1.165, 1.54) is 12.0 Å². The van der Waals surface area contributed by atoms with Gasteiger partial charge in [0.2, 0.25) is 0 Å². The second-order valence-corrected chi connectivity index (χ2v) is 13.6. The van der Waals surface area contributed by atoms with E-state index in [4.69, 9.17) is 28.4 Å². The minimum atomic E-state index is -1.03. The maximum atomic E-state index is 12.9. The summed E-state index contributed by atoms with van der Waals surface area (Å²) < 4.78 is 32.0. The Labute approximate surface area is 310 Å². The fourth-order valence-corrected chi connectivity index (χ4v) is 4.49. The Kier molecular flexibility index (Phi) is 24.7. The number of rotatable bonds is 27. The highest BCUT2D eigenvalue weighted by Crippen LogP contribution is 2.16. The zero-order valence-corrected chi connectivity index (χ0v) is 32.4. The Balaban J connectivity index is 4.97. The molecular weight excluding hydrogens is 674 g/mol. The van der Waals surface area contributed by atoms with Crippen molar-refractivity contribution in [2.75, 3.05) is 46.6 Å². The van der Waals surface area contributed by atoms with E-state index in [1.54, 1.807) is 46.8 Å². The van der Waals surface area contributed by atoms with Gasteiger partial charge in [0.15, 0.2) is 12.2 Å². The number of allylic oxidation sites excluding steroid dienone is 5. The zero-order chi connectivity index (χ0) is 39.7. The van der Waals surface area contributed by atoms with Crippen LogP contribution in [0.25, 0.3) is 0 Å². The molecule has 52 heavy (non-hydrogen) atoms. The molecule has 296 valence electrons. The van der Waals surface area contributed by atoms with Crippen molar-refractivity contribution in [3.05, 3.63) is 49.1 Å². The van der Waals surface area contributed by atoms with Crippen LogP contribution in [0.5, 0.6) is 0 Å². The van der Waals surface area contributed by atoms with E-state index >= 15 is 0 Å². The van der Waals surface area contributed by atoms with Gasteiger partial charge < -0.3 is 38.4 Å². The number of aliphatic hydroxyl groups excluding tert-OH is 1. The largest absolute Gasteiger partial charge is 0.461 e. The topological polar surface area (TPSA) is 164 Å². The normalized spacial score (nSPS) is 13.8. The number of esters is 4. The van der Waals surface area contributed by atoms with Crippen molar-refractivity contribution in [1.82, 2.24) is 4.90 Å². The lowest BCUT2D eigenvalue weighted by atomic mass is 10.0. The van der Waals surface area contributed by atoms with Gasteiger partial charge in [0.05, 0.1) is 25.0 Å². The Bertz CT molecular complexity index is 1190. The Morgan fingerprint density at radius 1 is 0.769 bits per heavy atom. The summed E-state index contributed by atoms with van der Waals surface area (Å²) >= 11 is 0. The summed E-state index contributed by atoms with van der Waals surface area (Å²) in [5, 5.41) is 9.68. The number of carbonyl (C=O) groups is 5. The van der Waals surface area contributed by atoms with Crippen LogP contribution < -0.4 is 0 Å². The third-order valence-corrected chi connectivity index (χ3v) is 7.74. The van der Waals surface area contributed by atoms with E-state index in [9.17, 15) is 29.1 Å². The molecule has 0 aliphatic carbocycles. The van der Waals surface area contributed by atoms with Crippen LogP contribution >= 0.6 is 0 Å². The molecule has 0 aromatic carbocycles. The van der Waals surface area contributed by atoms with Crippen LogP contribution in [-0.4, -0.2) is 104 Å². The molecule has 0 radical (unpaired) electrons. The highest BCUT2D eigenvalue weighted by atomic mass is 16.6. The van der Waals surface area contributed by atoms with Gasteiger partial charge in [-0.25, -0.2) is 4.79 Å². The van der Waals surface area contributed by atoms with E-state index in [2.05, 4.69) is 19.7 Å². The second kappa shape index (κ2) is 26.8. The average molecular weight is 738 g/mol. The maximum absolute atomic E-state index is 12.9. The third kappa shape index (κ3) is 22.8. The Morgan fingerprint density at radius 3 is 1.71 bits per heavy atom. The highest BCUT2D eigenvalue weighted by molar-refractivity contribution is 5.73. The Hall–Kier alpha value is -3.97. The summed E-state index contributed by atoms with van der Waals surface area (Å²) in [5.74, 6) is -2.86. The predicted molar refractivity (Wildman–Crippen MR) is 197 cm³/mol. The van der Waals surface area contributed by atoms with Crippen molar-refractivity contribution < 1.29 is 57.5 Å². The maximum Gasteiger partial charge on any atom is 0.410 e. The number of methoxy groups -OCH3 is 1. The van der Waals surface area contributed by atoms with Gasteiger partial charge in [-0.1, -0.05) is 63.0 Å². The number of amides is 1. The first-order valence-corrected chi connectivity index (χ1v) is 17.9. The second-order valence-electron chi connectivity index (χ2n) is 13.6. The monoisotopic (exact) mass is 737 g/mol. The van der Waals surface area contributed by atoms with Gasteiger partial charge in [-0.15, -0.1) is 0 Å². The molecule has 4 atom stereocenters. The molecule has 13 heteroatoms. The van der Waals surface area contributed by atoms with Crippen molar-refractivity contribution in [3.63, 3.8) is 0 Å². The van der Waals surface area contributed by atoms with Gasteiger partial charge >= 0.3 is 30.0 Å². The molecule has 0 fully saturated rings. The first kappa shape index (κ1) is 48.0. The number of hydrogen-bond acceptors (Lipinski definition) is 12. The molecule has 0 aliphatic heterocycles. The zero-order valence-electron chi connectivity index (χ0n) is 32.4. The van der Waals surface area contributed by atoms with Crippen LogP contribution in [0, 0.1) is 11.8 Å². The lowest BCUT2D eigenvalue weighted by molar-refractivity contribution is -0.164. The van der Waals surface area contributed by atoms with Gasteiger partial charge in [0.25, 0.3) is 0 Å². The lowest BCUT2D eigenvalue weighted by Gasteiger charge is -2.27. The molecule has 0 saturated heterocycles. The fraction of sp³-hybridized carbons (Fsp3) is 0.667. The lowest BCUT2D eigenvalue weighted by Crippen LogP contribution is -2.38. The number of carbonyl (C=O) groups excluding carboxylic acids is 5. The van der Waals surface area contributed by atoms with Gasteiger partial charge in [0, 0.05) is 33.0 Å². The molecule has 1 amide bonds. The first-order chi connectivity index (χ1) is 24.5. The standard InChI is InChI=1S/C39H63NO12/c1-11-28(4)18-19-29(5)36(44)49-27-33(25-47-10)51-35(43)17-15-23-40(38(46)52-39(7,8)9)22-14-16-34(42)50-32(24-41)26-48-37(45)30(6)20-21-31(12-2)13-3/h11-13,29-30,32-33,41H,1-2,4,14-27H2,3,5-10H3/b31-13+. The number of hydrogen-bond donors (Lipinski definition) is 1. The number of ether oxygens (including phenoxy) is 6. The molecule has 0 rings (SSSR count). The van der Waals surface area contributed by atoms with Gasteiger partial charge in [-0.2, -0.15) is 0 Å². The fourth-order valence-electron chi connectivity index (χ4n) is 4.49. The van der Waals surface area contributed by atoms with Crippen LogP contribution in [0.1, 0.15) is 92.9 Å². The molecule has 0 spiro atoms. The third-order valence-electron chi connectivity index (χ3n) is 7.74. The molecule has 0 bridgehead atoms. The van der Waals surface area contributed by atoms with E-state index in [-0.39, 0.29) is 64.5 Å². The number of aliphatic hydroxyl groups is 1. The summed E-state index contributed by atoms with van der Waals surface area (Å²) in [6.07, 6.45) is 5.51. The van der Waals surface area contributed by atoms with Crippen LogP contribution in [0.2, 0.25) is 0 Å². The molecular formula is C39H63NO12. The summed E-state index contributed by atoms with van der Waals surface area (Å²) in [6.45, 7) is 21.1. The SMILES string of the molecule is C=CC(=C)CCC(C)C(=O)OCC(COC)OC(=O)CCCN(CCCC(=O)OC(CO)COC(=O)C(C)CC/C(C=C)=C/C)C(=O)OC(C)(C)C. The molecule has 0 aliphatic rings. The number of nitrogens with zero attached hydrogens (tertiary/aromatic N) is 1. The summed E-state index contributed by atoms with van der Waals surface area (Å²) in [7, 11) is 1.44. The molecule has 4 unspecified atom stereocenters. The predicted octanol–water partition coefficient (Wildman–Crippen LogP) is 6.04. The minimum absolute atomic E-state index is 0.0211. The molecule has 13 nitrogen and oxygen atoms in total. The first-order valence-electron chi connectivity index (χ1n) is 17.9. The van der Waals surface area contributed by atoms with Gasteiger partial charge in [-0.3, -0.25) is 19.2 Å². The van der Waals surface area contributed by atoms with Crippen molar-refractivity contribution >= 4 is 30.0 Å².